The highest BCUT2D eigenvalue weighted by molar-refractivity contribution is 7.87. The number of benzene rings is 3. The molecule has 10 heteroatoms. The maximum Gasteiger partial charge on any atom is 0.339 e. The van der Waals surface area contributed by atoms with Crippen LogP contribution in [0.15, 0.2) is 76.4 Å². The van der Waals surface area contributed by atoms with E-state index in [2.05, 4.69) is 4.98 Å². The standard InChI is InChI=1S/C23H15FN2O5S2/c1-30-20-12-14(6-11-19(20)31-33(28,29)16-9-7-15(24)8-10-16)13-21-22(27)26-18-5-3-2-4-17(18)25-23(26)32-21/h2-13H,1H3/b21-13-. The van der Waals surface area contributed by atoms with E-state index in [0.29, 0.717) is 15.1 Å². The summed E-state index contributed by atoms with van der Waals surface area (Å²) in [6, 6.07) is 16.3. The summed E-state index contributed by atoms with van der Waals surface area (Å²) < 4.78 is 50.7. The van der Waals surface area contributed by atoms with Crippen molar-refractivity contribution >= 4 is 43.5 Å². The van der Waals surface area contributed by atoms with Gasteiger partial charge in [-0.15, -0.1) is 0 Å². The van der Waals surface area contributed by atoms with Crippen LogP contribution in [0.4, 0.5) is 4.39 Å². The minimum absolute atomic E-state index is 0.0340. The van der Waals surface area contributed by atoms with Crippen LogP contribution in [0.25, 0.3) is 22.1 Å². The third-order valence-electron chi connectivity index (χ3n) is 4.93. The van der Waals surface area contributed by atoms with Gasteiger partial charge in [-0.05, 0) is 60.2 Å². The van der Waals surface area contributed by atoms with Crippen LogP contribution >= 0.6 is 11.3 Å². The molecule has 3 aromatic carbocycles. The molecule has 0 radical (unpaired) electrons. The van der Waals surface area contributed by atoms with E-state index in [0.717, 1.165) is 35.3 Å². The normalized spacial score (nSPS) is 12.5. The van der Waals surface area contributed by atoms with Crippen molar-refractivity contribution < 1.29 is 21.7 Å². The molecule has 0 saturated heterocycles. The fraction of sp³-hybridized carbons (Fsp3) is 0.0435. The van der Waals surface area contributed by atoms with Crippen molar-refractivity contribution in [3.63, 3.8) is 0 Å². The van der Waals surface area contributed by atoms with E-state index in [-0.39, 0.29) is 22.0 Å². The monoisotopic (exact) mass is 482 g/mol. The van der Waals surface area contributed by atoms with Crippen LogP contribution in [0, 0.1) is 5.82 Å². The van der Waals surface area contributed by atoms with Gasteiger partial charge in [0.15, 0.2) is 16.5 Å². The van der Waals surface area contributed by atoms with Gasteiger partial charge in [-0.1, -0.05) is 29.5 Å². The van der Waals surface area contributed by atoms with E-state index in [9.17, 15) is 17.6 Å². The molecule has 0 N–H and O–H groups in total. The summed E-state index contributed by atoms with van der Waals surface area (Å²) >= 11 is 1.26. The zero-order chi connectivity index (χ0) is 23.2. The number of methoxy groups -OCH3 is 1. The Morgan fingerprint density at radius 1 is 1.03 bits per heavy atom. The number of nitrogens with zero attached hydrogens (tertiary/aromatic N) is 2. The van der Waals surface area contributed by atoms with Gasteiger partial charge in [0.1, 0.15) is 10.7 Å². The van der Waals surface area contributed by atoms with Crippen molar-refractivity contribution in [3.8, 4) is 11.5 Å². The number of aromatic nitrogens is 2. The van der Waals surface area contributed by atoms with Gasteiger partial charge in [0.05, 0.1) is 22.7 Å². The third kappa shape index (κ3) is 3.83. The molecule has 5 aromatic rings. The first-order valence-electron chi connectivity index (χ1n) is 9.65. The highest BCUT2D eigenvalue weighted by Gasteiger charge is 2.19. The molecule has 0 aliphatic heterocycles. The van der Waals surface area contributed by atoms with Gasteiger partial charge in [0.2, 0.25) is 0 Å². The minimum atomic E-state index is -4.19. The first-order valence-corrected chi connectivity index (χ1v) is 11.9. The highest BCUT2D eigenvalue weighted by atomic mass is 32.2. The molecular weight excluding hydrogens is 467 g/mol. The van der Waals surface area contributed by atoms with Crippen LogP contribution in [0.1, 0.15) is 5.56 Å². The molecule has 0 atom stereocenters. The predicted molar refractivity (Wildman–Crippen MR) is 123 cm³/mol. The number of imidazole rings is 1. The molecule has 2 heterocycles. The number of fused-ring (bicyclic) bond motifs is 3. The summed E-state index contributed by atoms with van der Waals surface area (Å²) in [5.74, 6) is -0.430. The van der Waals surface area contributed by atoms with Gasteiger partial charge < -0.3 is 8.92 Å². The van der Waals surface area contributed by atoms with E-state index < -0.39 is 15.9 Å². The summed E-state index contributed by atoms with van der Waals surface area (Å²) in [6.45, 7) is 0. The molecule has 0 bridgehead atoms. The zero-order valence-corrected chi connectivity index (χ0v) is 18.7. The Balaban J connectivity index is 1.52. The van der Waals surface area contributed by atoms with E-state index in [4.69, 9.17) is 8.92 Å². The lowest BCUT2D eigenvalue weighted by molar-refractivity contribution is 0.390. The third-order valence-corrected chi connectivity index (χ3v) is 7.15. The average Bonchev–Trinajstić information content (AvgIpc) is 3.31. The van der Waals surface area contributed by atoms with Gasteiger partial charge in [-0.3, -0.25) is 4.79 Å². The molecule has 0 saturated carbocycles. The van der Waals surface area contributed by atoms with Gasteiger partial charge in [0, 0.05) is 0 Å². The van der Waals surface area contributed by atoms with Crippen LogP contribution in [0.5, 0.6) is 11.5 Å². The van der Waals surface area contributed by atoms with E-state index in [1.54, 1.807) is 22.6 Å². The summed E-state index contributed by atoms with van der Waals surface area (Å²) in [5.41, 5.74) is 1.91. The van der Waals surface area contributed by atoms with Crippen LogP contribution < -0.4 is 19.0 Å². The van der Waals surface area contributed by atoms with E-state index >= 15 is 0 Å². The van der Waals surface area contributed by atoms with Gasteiger partial charge in [-0.2, -0.15) is 8.42 Å². The van der Waals surface area contributed by atoms with E-state index in [1.165, 1.54) is 24.5 Å². The molecule has 0 aliphatic rings. The quantitative estimate of drug-likeness (QED) is 0.357. The van der Waals surface area contributed by atoms with Crippen molar-refractivity contribution in [3.05, 3.63) is 93.0 Å². The van der Waals surface area contributed by atoms with Gasteiger partial charge >= 0.3 is 10.1 Å². The fourth-order valence-electron chi connectivity index (χ4n) is 3.37. The molecule has 0 amide bonds. The Bertz CT molecular complexity index is 1720. The fourth-order valence-corrected chi connectivity index (χ4v) is 5.30. The molecule has 7 nitrogen and oxygen atoms in total. The number of thiazole rings is 1. The maximum absolute atomic E-state index is 13.1. The Labute approximate surface area is 191 Å². The molecule has 0 unspecified atom stereocenters. The summed E-state index contributed by atoms with van der Waals surface area (Å²) in [5, 5.41) is 0. The first-order chi connectivity index (χ1) is 15.9. The van der Waals surface area contributed by atoms with Gasteiger partial charge in [0.25, 0.3) is 5.56 Å². The molecule has 0 spiro atoms. The number of para-hydroxylation sites is 2. The SMILES string of the molecule is COc1cc(/C=c2\sc3nc4ccccc4n3c2=O)ccc1OS(=O)(=O)c1ccc(F)cc1. The maximum atomic E-state index is 13.1. The summed E-state index contributed by atoms with van der Waals surface area (Å²) in [4.78, 5) is 17.8. The largest absolute Gasteiger partial charge is 0.493 e. The first kappa shape index (κ1) is 21.1. The number of ether oxygens (including phenoxy) is 1. The van der Waals surface area contributed by atoms with Gasteiger partial charge in [-0.25, -0.2) is 13.8 Å². The van der Waals surface area contributed by atoms with E-state index in [1.807, 2.05) is 24.3 Å². The Morgan fingerprint density at radius 3 is 2.55 bits per heavy atom. The smallest absolute Gasteiger partial charge is 0.339 e. The van der Waals surface area contributed by atoms with Crippen LogP contribution in [0.2, 0.25) is 0 Å². The predicted octanol–water partition coefficient (Wildman–Crippen LogP) is 3.37. The number of hydrogen-bond acceptors (Lipinski definition) is 7. The molecule has 0 aliphatic carbocycles. The Kier molecular flexibility index (Phi) is 5.10. The Hall–Kier alpha value is -3.76. The van der Waals surface area contributed by atoms with Crippen molar-refractivity contribution in [1.29, 1.82) is 0 Å². The number of hydrogen-bond donors (Lipinski definition) is 0. The Morgan fingerprint density at radius 2 is 1.79 bits per heavy atom. The lowest BCUT2D eigenvalue weighted by Crippen LogP contribution is -2.22. The minimum Gasteiger partial charge on any atom is -0.493 e. The summed E-state index contributed by atoms with van der Waals surface area (Å²) in [7, 11) is -2.81. The second-order valence-corrected chi connectivity index (χ2v) is 9.59. The molecule has 5 rings (SSSR count). The number of halogens is 1. The molecule has 0 fully saturated rings. The highest BCUT2D eigenvalue weighted by Crippen LogP contribution is 2.31. The second-order valence-electron chi connectivity index (χ2n) is 7.04. The molecule has 2 aromatic heterocycles. The zero-order valence-electron chi connectivity index (χ0n) is 17.1. The van der Waals surface area contributed by atoms with Crippen molar-refractivity contribution in [2.24, 2.45) is 0 Å². The molecular formula is C23H15FN2O5S2. The second kappa shape index (κ2) is 7.98. The van der Waals surface area contributed by atoms with Crippen molar-refractivity contribution in [1.82, 2.24) is 9.38 Å². The molecule has 166 valence electrons. The van der Waals surface area contributed by atoms with Crippen LogP contribution in [-0.4, -0.2) is 24.9 Å². The van der Waals surface area contributed by atoms with Crippen LogP contribution in [-0.2, 0) is 10.1 Å². The lowest BCUT2D eigenvalue weighted by Gasteiger charge is -2.11. The van der Waals surface area contributed by atoms with Crippen LogP contribution in [0.3, 0.4) is 0 Å². The lowest BCUT2D eigenvalue weighted by atomic mass is 10.2. The number of rotatable bonds is 5. The topological polar surface area (TPSA) is 87.0 Å². The summed E-state index contributed by atoms with van der Waals surface area (Å²) in [6.07, 6.45) is 1.68. The molecule has 33 heavy (non-hydrogen) atoms. The van der Waals surface area contributed by atoms with Crippen molar-refractivity contribution in [2.75, 3.05) is 7.11 Å². The van der Waals surface area contributed by atoms with Crippen molar-refractivity contribution in [2.45, 2.75) is 4.90 Å². The average molecular weight is 483 g/mol.